The fourth-order valence-electron chi connectivity index (χ4n) is 3.86. The van der Waals surface area contributed by atoms with E-state index in [1.165, 1.54) is 16.0 Å². The van der Waals surface area contributed by atoms with Crippen molar-refractivity contribution in [2.45, 2.75) is 39.2 Å². The number of thioether (sulfide) groups is 1. The van der Waals surface area contributed by atoms with Crippen LogP contribution in [0.2, 0.25) is 0 Å². The van der Waals surface area contributed by atoms with Crippen LogP contribution in [0.25, 0.3) is 0 Å². The number of aryl methyl sites for hydroxylation is 1. The molecule has 2 aromatic carbocycles. The van der Waals surface area contributed by atoms with Crippen molar-refractivity contribution >= 4 is 34.5 Å². The number of carbonyl (C=O) groups is 3. The Balaban J connectivity index is 1.58. The molecule has 1 fully saturated rings. The predicted octanol–water partition coefficient (Wildman–Crippen LogP) is 4.60. The van der Waals surface area contributed by atoms with Gasteiger partial charge in [-0.15, -0.1) is 0 Å². The Morgan fingerprint density at radius 3 is 2.69 bits per heavy atom. The lowest BCUT2D eigenvalue weighted by Gasteiger charge is -2.30. The summed E-state index contributed by atoms with van der Waals surface area (Å²) in [7, 11) is 0. The smallest absolute Gasteiger partial charge is 0.289 e. The third-order valence-corrected chi connectivity index (χ3v) is 6.35. The van der Waals surface area contributed by atoms with E-state index in [9.17, 15) is 14.4 Å². The van der Waals surface area contributed by atoms with E-state index in [1.54, 1.807) is 12.1 Å². The van der Waals surface area contributed by atoms with Crippen LogP contribution in [0, 0.1) is 0 Å². The first kappa shape index (κ1) is 19.7. The number of hydrogen-bond donors (Lipinski definition) is 0. The highest BCUT2D eigenvalue weighted by atomic mass is 32.2. The molecular weight excluding hydrogens is 384 g/mol. The standard InChI is InChI=1S/C23H24N2O3S/c1-15(2)17-8-9-20-18(12-17)7-4-10-24(20)22(27)19-6-3-5-16(11-19)13-25-21(26)14-29-23(25)28/h3,5-6,8-9,11-12,15H,4,7,10,13-14H2,1-2H3. The molecule has 0 N–H and O–H groups in total. The van der Waals surface area contributed by atoms with Gasteiger partial charge in [-0.25, -0.2) is 0 Å². The summed E-state index contributed by atoms with van der Waals surface area (Å²) in [4.78, 5) is 40.1. The molecule has 5 nitrogen and oxygen atoms in total. The number of imide groups is 1. The number of fused-ring (bicyclic) bond motifs is 1. The van der Waals surface area contributed by atoms with Gasteiger partial charge >= 0.3 is 0 Å². The van der Waals surface area contributed by atoms with Crippen LogP contribution in [0.3, 0.4) is 0 Å². The monoisotopic (exact) mass is 408 g/mol. The molecular formula is C23H24N2O3S. The SMILES string of the molecule is CC(C)c1ccc2c(c1)CCCN2C(=O)c1cccc(CN2C(=O)CSC2=O)c1. The third kappa shape index (κ3) is 3.94. The molecule has 0 bridgehead atoms. The second-order valence-corrected chi connectivity index (χ2v) is 8.76. The molecule has 0 aliphatic carbocycles. The van der Waals surface area contributed by atoms with Crippen molar-refractivity contribution in [1.82, 2.24) is 4.90 Å². The molecule has 0 radical (unpaired) electrons. The largest absolute Gasteiger partial charge is 0.308 e. The zero-order valence-electron chi connectivity index (χ0n) is 16.7. The maximum atomic E-state index is 13.3. The number of benzene rings is 2. The number of rotatable bonds is 4. The lowest BCUT2D eigenvalue weighted by atomic mass is 9.94. The Morgan fingerprint density at radius 2 is 1.97 bits per heavy atom. The molecule has 0 atom stereocenters. The Kier molecular flexibility index (Phi) is 5.46. The fourth-order valence-corrected chi connectivity index (χ4v) is 4.59. The summed E-state index contributed by atoms with van der Waals surface area (Å²) >= 11 is 1.02. The quantitative estimate of drug-likeness (QED) is 0.742. The van der Waals surface area contributed by atoms with Gasteiger partial charge in [0.05, 0.1) is 12.3 Å². The van der Waals surface area contributed by atoms with Gasteiger partial charge < -0.3 is 4.90 Å². The molecule has 29 heavy (non-hydrogen) atoms. The van der Waals surface area contributed by atoms with Gasteiger partial charge in [0.1, 0.15) is 0 Å². The van der Waals surface area contributed by atoms with Crippen molar-refractivity contribution in [2.24, 2.45) is 0 Å². The summed E-state index contributed by atoms with van der Waals surface area (Å²) in [6.45, 7) is 5.25. The fraction of sp³-hybridized carbons (Fsp3) is 0.348. The van der Waals surface area contributed by atoms with Gasteiger partial charge in [0.15, 0.2) is 0 Å². The maximum Gasteiger partial charge on any atom is 0.289 e. The Labute approximate surface area is 175 Å². The summed E-state index contributed by atoms with van der Waals surface area (Å²) in [5.41, 5.74) is 4.86. The summed E-state index contributed by atoms with van der Waals surface area (Å²) < 4.78 is 0. The van der Waals surface area contributed by atoms with E-state index in [0.717, 1.165) is 35.9 Å². The van der Waals surface area contributed by atoms with Gasteiger partial charge in [0.25, 0.3) is 11.1 Å². The van der Waals surface area contributed by atoms with Crippen molar-refractivity contribution in [2.75, 3.05) is 17.2 Å². The molecule has 2 heterocycles. The Bertz CT molecular complexity index is 970. The van der Waals surface area contributed by atoms with Crippen LogP contribution in [0.1, 0.15) is 53.2 Å². The first-order valence-electron chi connectivity index (χ1n) is 9.95. The third-order valence-electron chi connectivity index (χ3n) is 5.49. The van der Waals surface area contributed by atoms with Crippen LogP contribution < -0.4 is 4.90 Å². The molecule has 2 aromatic rings. The van der Waals surface area contributed by atoms with Crippen molar-refractivity contribution in [1.29, 1.82) is 0 Å². The highest BCUT2D eigenvalue weighted by molar-refractivity contribution is 8.14. The molecule has 4 rings (SSSR count). The first-order valence-corrected chi connectivity index (χ1v) is 10.9. The van der Waals surface area contributed by atoms with E-state index in [-0.39, 0.29) is 29.4 Å². The summed E-state index contributed by atoms with van der Waals surface area (Å²) in [5.74, 6) is 0.429. The predicted molar refractivity (Wildman–Crippen MR) is 115 cm³/mol. The topological polar surface area (TPSA) is 57.7 Å². The lowest BCUT2D eigenvalue weighted by Crippen LogP contribution is -2.35. The van der Waals surface area contributed by atoms with E-state index < -0.39 is 0 Å². The van der Waals surface area contributed by atoms with Crippen LogP contribution in [-0.2, 0) is 17.8 Å². The molecule has 150 valence electrons. The highest BCUT2D eigenvalue weighted by Gasteiger charge is 2.30. The van der Waals surface area contributed by atoms with Crippen LogP contribution in [0.5, 0.6) is 0 Å². The van der Waals surface area contributed by atoms with Crippen molar-refractivity contribution in [3.63, 3.8) is 0 Å². The number of nitrogens with zero attached hydrogens (tertiary/aromatic N) is 2. The second-order valence-electron chi connectivity index (χ2n) is 7.84. The van der Waals surface area contributed by atoms with Gasteiger partial charge in [-0.1, -0.05) is 49.9 Å². The lowest BCUT2D eigenvalue weighted by molar-refractivity contribution is -0.125. The Hall–Kier alpha value is -2.60. The summed E-state index contributed by atoms with van der Waals surface area (Å²) in [6, 6.07) is 13.6. The minimum absolute atomic E-state index is 0.0430. The molecule has 2 aliphatic rings. The second kappa shape index (κ2) is 8.03. The van der Waals surface area contributed by atoms with E-state index in [4.69, 9.17) is 0 Å². The molecule has 2 aliphatic heterocycles. The molecule has 0 unspecified atom stereocenters. The average molecular weight is 409 g/mol. The highest BCUT2D eigenvalue weighted by Crippen LogP contribution is 2.31. The summed E-state index contributed by atoms with van der Waals surface area (Å²) in [6.07, 6.45) is 1.92. The molecule has 6 heteroatoms. The number of anilines is 1. The van der Waals surface area contributed by atoms with Gasteiger partial charge in [-0.2, -0.15) is 0 Å². The van der Waals surface area contributed by atoms with E-state index in [1.807, 2.05) is 17.0 Å². The van der Waals surface area contributed by atoms with Crippen LogP contribution in [0.4, 0.5) is 10.5 Å². The van der Waals surface area contributed by atoms with E-state index in [0.29, 0.717) is 18.0 Å². The summed E-state index contributed by atoms with van der Waals surface area (Å²) in [5, 5.41) is -0.224. The molecule has 0 spiro atoms. The normalized spacial score (nSPS) is 16.5. The zero-order valence-corrected chi connectivity index (χ0v) is 17.5. The molecule has 3 amide bonds. The number of carbonyl (C=O) groups excluding carboxylic acids is 3. The van der Waals surface area contributed by atoms with Crippen molar-refractivity contribution in [3.8, 4) is 0 Å². The molecule has 1 saturated heterocycles. The van der Waals surface area contributed by atoms with Crippen LogP contribution in [-0.4, -0.2) is 34.3 Å². The number of amides is 3. The van der Waals surface area contributed by atoms with Crippen molar-refractivity contribution < 1.29 is 14.4 Å². The van der Waals surface area contributed by atoms with Crippen LogP contribution >= 0.6 is 11.8 Å². The van der Waals surface area contributed by atoms with Crippen LogP contribution in [0.15, 0.2) is 42.5 Å². The first-order chi connectivity index (χ1) is 13.9. The molecule has 0 aromatic heterocycles. The maximum absolute atomic E-state index is 13.3. The van der Waals surface area contributed by atoms with E-state index in [2.05, 4.69) is 32.0 Å². The minimum Gasteiger partial charge on any atom is -0.308 e. The molecule has 0 saturated carbocycles. The van der Waals surface area contributed by atoms with Gasteiger partial charge in [-0.3, -0.25) is 19.3 Å². The van der Waals surface area contributed by atoms with Crippen molar-refractivity contribution in [3.05, 3.63) is 64.7 Å². The van der Waals surface area contributed by atoms with Gasteiger partial charge in [0.2, 0.25) is 5.91 Å². The zero-order chi connectivity index (χ0) is 20.5. The average Bonchev–Trinajstić information content (AvgIpc) is 3.04. The minimum atomic E-state index is -0.224. The van der Waals surface area contributed by atoms with Gasteiger partial charge in [0, 0.05) is 17.8 Å². The Morgan fingerprint density at radius 1 is 1.14 bits per heavy atom. The number of hydrogen-bond acceptors (Lipinski definition) is 4. The van der Waals surface area contributed by atoms with Gasteiger partial charge in [-0.05, 0) is 53.6 Å². The van der Waals surface area contributed by atoms with E-state index >= 15 is 0 Å².